The topological polar surface area (TPSA) is 29.3 Å². The lowest BCUT2D eigenvalue weighted by atomic mass is 9.96. The van der Waals surface area contributed by atoms with Gasteiger partial charge in [0.25, 0.3) is 0 Å². The lowest BCUT2D eigenvalue weighted by molar-refractivity contribution is 0.324. The van der Waals surface area contributed by atoms with Crippen LogP contribution in [0.3, 0.4) is 0 Å². The summed E-state index contributed by atoms with van der Waals surface area (Å²) in [5.41, 5.74) is 10.1. The van der Waals surface area contributed by atoms with E-state index in [9.17, 15) is 0 Å². The van der Waals surface area contributed by atoms with Gasteiger partial charge in [-0.15, -0.1) is 0 Å². The Morgan fingerprint density at radius 1 is 1.16 bits per heavy atom. The zero-order valence-corrected chi connectivity index (χ0v) is 13.2. The molecular weight excluding hydrogens is 232 g/mol. The fourth-order valence-electron chi connectivity index (χ4n) is 2.17. The molecule has 19 heavy (non-hydrogen) atoms. The van der Waals surface area contributed by atoms with Crippen molar-refractivity contribution in [1.82, 2.24) is 4.90 Å². The number of hydrogen-bond acceptors (Lipinski definition) is 2. The lowest BCUT2D eigenvalue weighted by Crippen LogP contribution is -2.27. The van der Waals surface area contributed by atoms with Crippen molar-refractivity contribution < 1.29 is 0 Å². The van der Waals surface area contributed by atoms with Gasteiger partial charge in [-0.3, -0.25) is 0 Å². The number of nitrogens with two attached hydrogens (primary N) is 1. The number of hydrogen-bond donors (Lipinski definition) is 1. The monoisotopic (exact) mass is 262 g/mol. The molecule has 108 valence electrons. The van der Waals surface area contributed by atoms with Crippen LogP contribution in [-0.2, 0) is 6.42 Å². The van der Waals surface area contributed by atoms with Crippen LogP contribution in [0.25, 0.3) is 0 Å². The molecule has 1 atom stereocenters. The minimum atomic E-state index is 0.299. The van der Waals surface area contributed by atoms with E-state index in [1.54, 1.807) is 0 Å². The summed E-state index contributed by atoms with van der Waals surface area (Å²) >= 11 is 0. The van der Waals surface area contributed by atoms with Gasteiger partial charge < -0.3 is 10.6 Å². The largest absolute Gasteiger partial charge is 0.328 e. The van der Waals surface area contributed by atoms with Gasteiger partial charge in [0, 0.05) is 12.6 Å². The second-order valence-corrected chi connectivity index (χ2v) is 6.16. The fraction of sp³-hybridized carbons (Fsp3) is 0.647. The van der Waals surface area contributed by atoms with Gasteiger partial charge in [-0.25, -0.2) is 0 Å². The van der Waals surface area contributed by atoms with Crippen molar-refractivity contribution in [3.8, 4) is 0 Å². The summed E-state index contributed by atoms with van der Waals surface area (Å²) in [7, 11) is 2.18. The molecule has 0 fully saturated rings. The highest BCUT2D eigenvalue weighted by Gasteiger charge is 2.06. The first kappa shape index (κ1) is 16.2. The van der Waals surface area contributed by atoms with Gasteiger partial charge in [0.05, 0.1) is 0 Å². The molecule has 0 aromatic heterocycles. The molecule has 0 aliphatic rings. The van der Waals surface area contributed by atoms with E-state index < -0.39 is 0 Å². The molecule has 0 aliphatic carbocycles. The van der Waals surface area contributed by atoms with Crippen LogP contribution in [0.2, 0.25) is 0 Å². The normalized spacial score (nSPS) is 13.3. The average Bonchev–Trinajstić information content (AvgIpc) is 2.35. The highest BCUT2D eigenvalue weighted by Crippen LogP contribution is 2.19. The molecule has 1 aromatic rings. The number of benzene rings is 1. The Kier molecular flexibility index (Phi) is 6.53. The third kappa shape index (κ3) is 5.75. The van der Waals surface area contributed by atoms with Gasteiger partial charge in [0.1, 0.15) is 0 Å². The SMILES string of the molecule is Cc1ccc(C(C)C)cc1CCN(C)CCC(C)N. The smallest absolute Gasteiger partial charge is 0.00226 e. The van der Waals surface area contributed by atoms with Crippen molar-refractivity contribution in [1.29, 1.82) is 0 Å². The fourth-order valence-corrected chi connectivity index (χ4v) is 2.17. The van der Waals surface area contributed by atoms with E-state index in [1.807, 2.05) is 0 Å². The summed E-state index contributed by atoms with van der Waals surface area (Å²) < 4.78 is 0. The zero-order chi connectivity index (χ0) is 14.4. The Hall–Kier alpha value is -0.860. The van der Waals surface area contributed by atoms with Gasteiger partial charge in [0.2, 0.25) is 0 Å². The van der Waals surface area contributed by atoms with Crippen molar-refractivity contribution in [2.45, 2.75) is 52.5 Å². The molecule has 1 rings (SSSR count). The maximum absolute atomic E-state index is 5.80. The van der Waals surface area contributed by atoms with Crippen LogP contribution in [0.1, 0.15) is 49.8 Å². The minimum Gasteiger partial charge on any atom is -0.328 e. The van der Waals surface area contributed by atoms with E-state index in [4.69, 9.17) is 5.73 Å². The number of likely N-dealkylation sites (N-methyl/N-ethyl adjacent to an activating group) is 1. The van der Waals surface area contributed by atoms with Crippen LogP contribution < -0.4 is 5.73 Å². The first-order chi connectivity index (χ1) is 8.90. The molecule has 0 saturated carbocycles. The Bertz CT molecular complexity index is 383. The second kappa shape index (κ2) is 7.66. The number of rotatable bonds is 7. The minimum absolute atomic E-state index is 0.299. The molecule has 0 aliphatic heterocycles. The van der Waals surface area contributed by atoms with Crippen molar-refractivity contribution >= 4 is 0 Å². The number of aryl methyl sites for hydroxylation is 1. The van der Waals surface area contributed by atoms with Crippen LogP contribution >= 0.6 is 0 Å². The molecular formula is C17H30N2. The molecule has 1 aromatic carbocycles. The van der Waals surface area contributed by atoms with Crippen LogP contribution in [-0.4, -0.2) is 31.1 Å². The molecule has 2 N–H and O–H groups in total. The molecule has 2 heteroatoms. The summed E-state index contributed by atoms with van der Waals surface area (Å²) in [6.07, 6.45) is 2.20. The van der Waals surface area contributed by atoms with Gasteiger partial charge in [-0.2, -0.15) is 0 Å². The van der Waals surface area contributed by atoms with Crippen molar-refractivity contribution in [2.75, 3.05) is 20.1 Å². The van der Waals surface area contributed by atoms with E-state index in [-0.39, 0.29) is 0 Å². The van der Waals surface area contributed by atoms with E-state index in [2.05, 4.69) is 57.8 Å². The molecule has 0 radical (unpaired) electrons. The summed E-state index contributed by atoms with van der Waals surface area (Å²) in [4.78, 5) is 2.38. The Morgan fingerprint density at radius 2 is 1.84 bits per heavy atom. The van der Waals surface area contributed by atoms with Gasteiger partial charge in [-0.05, 0) is 62.9 Å². The molecule has 2 nitrogen and oxygen atoms in total. The summed E-state index contributed by atoms with van der Waals surface area (Å²) in [5, 5.41) is 0. The summed E-state index contributed by atoms with van der Waals surface area (Å²) in [6, 6.07) is 7.18. The molecule has 0 heterocycles. The van der Waals surface area contributed by atoms with E-state index >= 15 is 0 Å². The second-order valence-electron chi connectivity index (χ2n) is 6.16. The van der Waals surface area contributed by atoms with Crippen LogP contribution in [0.4, 0.5) is 0 Å². The maximum atomic E-state index is 5.80. The molecule has 1 unspecified atom stereocenters. The molecule has 0 saturated heterocycles. The Balaban J connectivity index is 2.54. The standard InChI is InChI=1S/C17H30N2/c1-13(2)16-7-6-14(3)17(12-16)9-11-19(5)10-8-15(4)18/h6-7,12-13,15H,8-11,18H2,1-5H3. The zero-order valence-electron chi connectivity index (χ0n) is 13.2. The molecule has 0 bridgehead atoms. The van der Waals surface area contributed by atoms with Crippen molar-refractivity contribution in [3.05, 3.63) is 34.9 Å². The van der Waals surface area contributed by atoms with Crippen LogP contribution in [0, 0.1) is 6.92 Å². The third-order valence-corrected chi connectivity index (χ3v) is 3.77. The Labute approximate surface area is 119 Å². The van der Waals surface area contributed by atoms with Crippen molar-refractivity contribution in [3.63, 3.8) is 0 Å². The van der Waals surface area contributed by atoms with E-state index in [0.29, 0.717) is 12.0 Å². The Morgan fingerprint density at radius 3 is 2.42 bits per heavy atom. The summed E-state index contributed by atoms with van der Waals surface area (Å²) in [5.74, 6) is 0.607. The summed E-state index contributed by atoms with van der Waals surface area (Å²) in [6.45, 7) is 11.0. The molecule has 0 amide bonds. The van der Waals surface area contributed by atoms with Crippen LogP contribution in [0.5, 0.6) is 0 Å². The van der Waals surface area contributed by atoms with Crippen molar-refractivity contribution in [2.24, 2.45) is 5.73 Å². The highest BCUT2D eigenvalue weighted by molar-refractivity contribution is 5.32. The van der Waals surface area contributed by atoms with Gasteiger partial charge in [-0.1, -0.05) is 32.0 Å². The number of nitrogens with zero attached hydrogens (tertiary/aromatic N) is 1. The average molecular weight is 262 g/mol. The van der Waals surface area contributed by atoms with Gasteiger partial charge in [0.15, 0.2) is 0 Å². The first-order valence-corrected chi connectivity index (χ1v) is 7.43. The van der Waals surface area contributed by atoms with E-state index in [1.165, 1.54) is 16.7 Å². The predicted molar refractivity (Wildman–Crippen MR) is 84.7 cm³/mol. The third-order valence-electron chi connectivity index (χ3n) is 3.77. The first-order valence-electron chi connectivity index (χ1n) is 7.43. The molecule has 0 spiro atoms. The van der Waals surface area contributed by atoms with Gasteiger partial charge >= 0.3 is 0 Å². The highest BCUT2D eigenvalue weighted by atomic mass is 15.1. The maximum Gasteiger partial charge on any atom is 0.00226 e. The quantitative estimate of drug-likeness (QED) is 0.816. The lowest BCUT2D eigenvalue weighted by Gasteiger charge is -2.19. The van der Waals surface area contributed by atoms with E-state index in [0.717, 1.165) is 25.9 Å². The predicted octanol–water partition coefficient (Wildman–Crippen LogP) is 3.33. The van der Waals surface area contributed by atoms with Crippen LogP contribution in [0.15, 0.2) is 18.2 Å².